The highest BCUT2D eigenvalue weighted by Crippen LogP contribution is 2.35. The van der Waals surface area contributed by atoms with Gasteiger partial charge in [-0.25, -0.2) is 9.59 Å². The number of fused-ring (bicyclic) bond motifs is 1. The fourth-order valence-corrected chi connectivity index (χ4v) is 4.58. The number of amides is 4. The van der Waals surface area contributed by atoms with E-state index in [-0.39, 0.29) is 37.0 Å². The quantitative estimate of drug-likeness (QED) is 0.314. The van der Waals surface area contributed by atoms with Crippen LogP contribution in [0.4, 0.5) is 21.9 Å². The number of urea groups is 1. The molecule has 1 atom stereocenters. The van der Waals surface area contributed by atoms with E-state index in [1.807, 2.05) is 0 Å². The van der Waals surface area contributed by atoms with Crippen LogP contribution in [0.1, 0.15) is 48.4 Å². The van der Waals surface area contributed by atoms with Crippen molar-refractivity contribution in [1.29, 1.82) is 0 Å². The van der Waals surface area contributed by atoms with Crippen molar-refractivity contribution < 1.29 is 28.7 Å². The van der Waals surface area contributed by atoms with Gasteiger partial charge in [-0.3, -0.25) is 14.4 Å². The van der Waals surface area contributed by atoms with Gasteiger partial charge in [0.1, 0.15) is 6.04 Å². The number of ketones is 1. The second-order valence-corrected chi connectivity index (χ2v) is 10.8. The molecule has 1 unspecified atom stereocenters. The predicted octanol–water partition coefficient (Wildman–Crippen LogP) is 4.66. The number of anilines is 3. The van der Waals surface area contributed by atoms with Crippen LogP contribution in [0.3, 0.4) is 0 Å². The number of ether oxygens (including phenoxy) is 1. The third-order valence-electron chi connectivity index (χ3n) is 6.61. The zero-order chi connectivity index (χ0) is 30.4. The first-order valence-corrected chi connectivity index (χ1v) is 13.6. The molecule has 0 fully saturated rings. The van der Waals surface area contributed by atoms with Crippen molar-refractivity contribution in [3.63, 3.8) is 0 Å². The van der Waals surface area contributed by atoms with Gasteiger partial charge >= 0.3 is 12.0 Å². The van der Waals surface area contributed by atoms with Crippen LogP contribution in [-0.2, 0) is 14.3 Å². The SMILES string of the molecule is CCOC(=O)c1cccc(NC(=O)NC2CN(C(=O)C(C)(C)C)c3ccccc3N(CC(=O)c3ccccc3)C2=O)c1. The number of para-hydroxylation sites is 2. The summed E-state index contributed by atoms with van der Waals surface area (Å²) in [5.74, 6) is -1.64. The lowest BCUT2D eigenvalue weighted by molar-refractivity contribution is -0.126. The van der Waals surface area contributed by atoms with Gasteiger partial charge in [-0.05, 0) is 37.3 Å². The minimum atomic E-state index is -1.19. The van der Waals surface area contributed by atoms with Crippen LogP contribution < -0.4 is 20.4 Å². The average Bonchev–Trinajstić information content (AvgIpc) is 3.07. The molecule has 218 valence electrons. The average molecular weight is 571 g/mol. The molecule has 0 spiro atoms. The van der Waals surface area contributed by atoms with Gasteiger partial charge in [0.2, 0.25) is 5.91 Å². The summed E-state index contributed by atoms with van der Waals surface area (Å²) in [6, 6.07) is 19.8. The van der Waals surface area contributed by atoms with Gasteiger partial charge in [-0.2, -0.15) is 0 Å². The zero-order valence-corrected chi connectivity index (χ0v) is 24.0. The summed E-state index contributed by atoms with van der Waals surface area (Å²) in [5, 5.41) is 5.33. The predicted molar refractivity (Wildman–Crippen MR) is 160 cm³/mol. The molecular formula is C32H34N4O6. The zero-order valence-electron chi connectivity index (χ0n) is 24.0. The summed E-state index contributed by atoms with van der Waals surface area (Å²) in [7, 11) is 0. The Labute approximate surface area is 244 Å². The molecule has 10 nitrogen and oxygen atoms in total. The van der Waals surface area contributed by atoms with Crippen molar-refractivity contribution in [2.24, 2.45) is 5.41 Å². The third kappa shape index (κ3) is 6.83. The Morgan fingerprint density at radius 3 is 2.19 bits per heavy atom. The first-order chi connectivity index (χ1) is 20.0. The second-order valence-electron chi connectivity index (χ2n) is 10.8. The fourth-order valence-electron chi connectivity index (χ4n) is 4.58. The highest BCUT2D eigenvalue weighted by atomic mass is 16.5. The van der Waals surface area contributed by atoms with Crippen LogP contribution in [0.2, 0.25) is 0 Å². The van der Waals surface area contributed by atoms with Crippen LogP contribution >= 0.6 is 0 Å². The molecule has 4 rings (SSSR count). The molecular weight excluding hydrogens is 536 g/mol. The fraction of sp³-hybridized carbons (Fsp3) is 0.281. The lowest BCUT2D eigenvalue weighted by Gasteiger charge is -2.30. The maximum absolute atomic E-state index is 14.0. The van der Waals surface area contributed by atoms with E-state index in [1.54, 1.807) is 100 Å². The van der Waals surface area contributed by atoms with Crippen molar-refractivity contribution in [3.05, 3.63) is 90.0 Å². The molecule has 1 heterocycles. The van der Waals surface area contributed by atoms with Crippen molar-refractivity contribution in [1.82, 2.24) is 5.32 Å². The summed E-state index contributed by atoms with van der Waals surface area (Å²) >= 11 is 0. The second kappa shape index (κ2) is 12.7. The molecule has 3 aromatic carbocycles. The smallest absolute Gasteiger partial charge is 0.338 e. The molecule has 0 aliphatic carbocycles. The Balaban J connectivity index is 1.66. The van der Waals surface area contributed by atoms with Crippen LogP contribution in [0.5, 0.6) is 0 Å². The van der Waals surface area contributed by atoms with Crippen molar-refractivity contribution in [3.8, 4) is 0 Å². The van der Waals surface area contributed by atoms with E-state index in [2.05, 4.69) is 10.6 Å². The summed E-state index contributed by atoms with van der Waals surface area (Å²) in [6.45, 7) is 6.76. The van der Waals surface area contributed by atoms with Gasteiger partial charge < -0.3 is 25.2 Å². The minimum absolute atomic E-state index is 0.155. The molecule has 0 radical (unpaired) electrons. The summed E-state index contributed by atoms with van der Waals surface area (Å²) in [5.41, 5.74) is 1.03. The lowest BCUT2D eigenvalue weighted by atomic mass is 9.94. The molecule has 0 bridgehead atoms. The normalized spacial score (nSPS) is 14.9. The number of hydrogen-bond donors (Lipinski definition) is 2. The number of hydrogen-bond acceptors (Lipinski definition) is 6. The van der Waals surface area contributed by atoms with Gasteiger partial charge in [-0.1, -0.05) is 69.3 Å². The third-order valence-corrected chi connectivity index (χ3v) is 6.61. The number of rotatable bonds is 7. The van der Waals surface area contributed by atoms with Crippen molar-refractivity contribution >= 4 is 46.7 Å². The van der Waals surface area contributed by atoms with Crippen LogP contribution in [0, 0.1) is 5.41 Å². The Hall–Kier alpha value is -4.99. The monoisotopic (exact) mass is 570 g/mol. The summed E-state index contributed by atoms with van der Waals surface area (Å²) in [6.07, 6.45) is 0. The van der Waals surface area contributed by atoms with Crippen LogP contribution in [0.15, 0.2) is 78.9 Å². The van der Waals surface area contributed by atoms with E-state index >= 15 is 0 Å². The highest BCUT2D eigenvalue weighted by Gasteiger charge is 2.40. The molecule has 10 heteroatoms. The first-order valence-electron chi connectivity index (χ1n) is 13.6. The maximum Gasteiger partial charge on any atom is 0.338 e. The highest BCUT2D eigenvalue weighted by molar-refractivity contribution is 6.13. The molecule has 1 aliphatic rings. The maximum atomic E-state index is 14.0. The van der Waals surface area contributed by atoms with E-state index in [4.69, 9.17) is 4.74 Å². The van der Waals surface area contributed by atoms with Crippen molar-refractivity contribution in [2.45, 2.75) is 33.7 Å². The number of carbonyl (C=O) groups is 5. The van der Waals surface area contributed by atoms with E-state index < -0.39 is 29.4 Å². The summed E-state index contributed by atoms with van der Waals surface area (Å²) < 4.78 is 5.02. The number of esters is 1. The Bertz CT molecular complexity index is 1500. The van der Waals surface area contributed by atoms with Gasteiger partial charge in [-0.15, -0.1) is 0 Å². The largest absolute Gasteiger partial charge is 0.462 e. The van der Waals surface area contributed by atoms with Crippen LogP contribution in [0.25, 0.3) is 0 Å². The van der Waals surface area contributed by atoms with Crippen molar-refractivity contribution in [2.75, 3.05) is 34.8 Å². The number of carbonyl (C=O) groups excluding carboxylic acids is 5. The van der Waals surface area contributed by atoms with Gasteiger partial charge in [0.25, 0.3) is 5.91 Å². The van der Waals surface area contributed by atoms with Gasteiger partial charge in [0.05, 0.1) is 36.6 Å². The van der Waals surface area contributed by atoms with E-state index in [0.29, 0.717) is 22.6 Å². The molecule has 2 N–H and O–H groups in total. The molecule has 4 amide bonds. The number of benzene rings is 3. The number of nitrogens with zero attached hydrogens (tertiary/aromatic N) is 2. The lowest BCUT2D eigenvalue weighted by Crippen LogP contribution is -2.55. The standard InChI is InChI=1S/C32H34N4O6/c1-5-42-29(39)22-14-11-15-23(18-22)33-31(41)34-24-19-36(30(40)32(2,3)4)26-17-10-9-16-25(26)35(28(24)38)20-27(37)21-12-7-6-8-13-21/h6-18,24H,5,19-20H2,1-4H3,(H2,33,34,41). The number of nitrogens with one attached hydrogen (secondary N) is 2. The topological polar surface area (TPSA) is 125 Å². The van der Waals surface area contributed by atoms with E-state index in [1.165, 1.54) is 15.9 Å². The Kier molecular flexibility index (Phi) is 9.05. The van der Waals surface area contributed by atoms with Crippen LogP contribution in [-0.4, -0.2) is 55.3 Å². The molecule has 0 saturated heterocycles. The van der Waals surface area contributed by atoms with Gasteiger partial charge in [0.15, 0.2) is 5.78 Å². The van der Waals surface area contributed by atoms with E-state index in [0.717, 1.165) is 0 Å². The molecule has 0 aromatic heterocycles. The molecule has 42 heavy (non-hydrogen) atoms. The number of Topliss-reactive ketones (excluding diaryl/α,β-unsaturated/α-hetero) is 1. The van der Waals surface area contributed by atoms with Gasteiger partial charge in [0, 0.05) is 16.7 Å². The minimum Gasteiger partial charge on any atom is -0.462 e. The molecule has 1 aliphatic heterocycles. The Morgan fingerprint density at radius 2 is 1.52 bits per heavy atom. The summed E-state index contributed by atoms with van der Waals surface area (Å²) in [4.78, 5) is 69.0. The Morgan fingerprint density at radius 1 is 0.881 bits per heavy atom. The molecule has 0 saturated carbocycles. The first kappa shape index (κ1) is 30.0. The molecule has 3 aromatic rings. The van der Waals surface area contributed by atoms with E-state index in [9.17, 15) is 24.0 Å².